The van der Waals surface area contributed by atoms with Crippen LogP contribution in [0.4, 0.5) is 5.82 Å². The van der Waals surface area contributed by atoms with E-state index in [1.165, 1.54) is 0 Å². The van der Waals surface area contributed by atoms with Gasteiger partial charge in [-0.2, -0.15) is 0 Å². The van der Waals surface area contributed by atoms with E-state index in [0.717, 1.165) is 41.2 Å². The summed E-state index contributed by atoms with van der Waals surface area (Å²) in [5.41, 5.74) is 2.66. The molecule has 6 heteroatoms. The van der Waals surface area contributed by atoms with E-state index in [2.05, 4.69) is 14.9 Å². The molecule has 1 N–H and O–H groups in total. The zero-order valence-corrected chi connectivity index (χ0v) is 13.8. The Morgan fingerprint density at radius 3 is 2.71 bits per heavy atom. The van der Waals surface area contributed by atoms with E-state index in [1.807, 2.05) is 55.4 Å². The maximum Gasteiger partial charge on any atom is 0.165 e. The number of aryl methyl sites for hydroxylation is 1. The minimum absolute atomic E-state index is 0.236. The van der Waals surface area contributed by atoms with Crippen molar-refractivity contribution in [3.63, 3.8) is 0 Å². The summed E-state index contributed by atoms with van der Waals surface area (Å²) < 4.78 is 2.00. The summed E-state index contributed by atoms with van der Waals surface area (Å²) in [6, 6.07) is 10.3. The third-order valence-electron chi connectivity index (χ3n) is 4.74. The Balaban J connectivity index is 1.80. The molecular formula is C18H20N5O. The van der Waals surface area contributed by atoms with Crippen molar-refractivity contribution in [3.05, 3.63) is 43.1 Å². The fourth-order valence-electron chi connectivity index (χ4n) is 3.37. The summed E-state index contributed by atoms with van der Waals surface area (Å²) in [5, 5.41) is 9.77. The summed E-state index contributed by atoms with van der Waals surface area (Å²) in [6.07, 6.45) is 4.77. The molecule has 4 rings (SSSR count). The molecule has 0 unspecified atom stereocenters. The molecule has 0 amide bonds. The van der Waals surface area contributed by atoms with Gasteiger partial charge in [-0.15, -0.1) is 0 Å². The van der Waals surface area contributed by atoms with Gasteiger partial charge in [0, 0.05) is 25.7 Å². The average molecular weight is 322 g/mol. The van der Waals surface area contributed by atoms with E-state index in [-0.39, 0.29) is 12.1 Å². The molecule has 24 heavy (non-hydrogen) atoms. The number of rotatable bonds is 3. The molecule has 2 aromatic heterocycles. The van der Waals surface area contributed by atoms with Gasteiger partial charge in [0.05, 0.1) is 6.10 Å². The Bertz CT molecular complexity index is 860. The van der Waals surface area contributed by atoms with E-state index in [1.54, 1.807) is 6.33 Å². The van der Waals surface area contributed by atoms with Crippen molar-refractivity contribution in [2.45, 2.75) is 25.0 Å². The van der Waals surface area contributed by atoms with Gasteiger partial charge in [-0.1, -0.05) is 30.3 Å². The minimum atomic E-state index is -0.335. The number of aliphatic hydroxyl groups excluding tert-OH is 1. The molecule has 0 aliphatic heterocycles. The lowest BCUT2D eigenvalue weighted by Crippen LogP contribution is -2.30. The smallest absolute Gasteiger partial charge is 0.165 e. The molecule has 1 fully saturated rings. The summed E-state index contributed by atoms with van der Waals surface area (Å²) in [5.74, 6) is 1.68. The van der Waals surface area contributed by atoms with E-state index >= 15 is 0 Å². The van der Waals surface area contributed by atoms with Crippen LogP contribution in [0.2, 0.25) is 0 Å². The first-order valence-corrected chi connectivity index (χ1v) is 8.12. The first-order chi connectivity index (χ1) is 11.6. The minimum Gasteiger partial charge on any atom is -0.393 e. The molecule has 1 aliphatic rings. The molecule has 0 spiro atoms. The Morgan fingerprint density at radius 2 is 2.00 bits per heavy atom. The predicted octanol–water partition coefficient (Wildman–Crippen LogP) is 2.19. The van der Waals surface area contributed by atoms with Crippen LogP contribution in [-0.2, 0) is 7.05 Å². The van der Waals surface area contributed by atoms with Crippen LogP contribution in [0.15, 0.2) is 36.7 Å². The third-order valence-corrected chi connectivity index (χ3v) is 4.74. The van der Waals surface area contributed by atoms with E-state index in [0.29, 0.717) is 0 Å². The molecule has 3 aromatic rings. The maximum atomic E-state index is 9.77. The molecule has 0 bridgehead atoms. The van der Waals surface area contributed by atoms with Gasteiger partial charge in [-0.3, -0.25) is 0 Å². The molecular weight excluding hydrogens is 302 g/mol. The van der Waals surface area contributed by atoms with Gasteiger partial charge in [-0.25, -0.2) is 15.0 Å². The van der Waals surface area contributed by atoms with Crippen LogP contribution < -0.4 is 4.90 Å². The van der Waals surface area contributed by atoms with E-state index in [4.69, 9.17) is 4.98 Å². The number of aliphatic hydroxyl groups is 1. The molecule has 123 valence electrons. The second-order valence-electron chi connectivity index (χ2n) is 6.27. The lowest BCUT2D eigenvalue weighted by Gasteiger charge is -2.25. The van der Waals surface area contributed by atoms with Crippen LogP contribution in [0.1, 0.15) is 12.8 Å². The van der Waals surface area contributed by atoms with Crippen molar-refractivity contribution in [3.8, 4) is 11.4 Å². The highest BCUT2D eigenvalue weighted by Crippen LogP contribution is 2.31. The zero-order chi connectivity index (χ0) is 16.7. The van der Waals surface area contributed by atoms with Crippen molar-refractivity contribution in [1.29, 1.82) is 0 Å². The van der Waals surface area contributed by atoms with Crippen molar-refractivity contribution in [1.82, 2.24) is 19.5 Å². The maximum absolute atomic E-state index is 9.77. The number of anilines is 1. The normalized spacial score (nSPS) is 20.6. The fraction of sp³-hybridized carbons (Fsp3) is 0.333. The fourth-order valence-corrected chi connectivity index (χ4v) is 3.37. The second-order valence-corrected chi connectivity index (χ2v) is 6.27. The van der Waals surface area contributed by atoms with Crippen LogP contribution in [0.25, 0.3) is 22.6 Å². The summed E-state index contributed by atoms with van der Waals surface area (Å²) in [4.78, 5) is 15.8. The molecule has 2 atom stereocenters. The molecule has 2 heterocycles. The molecule has 1 saturated carbocycles. The highest BCUT2D eigenvalue weighted by Gasteiger charge is 2.29. The van der Waals surface area contributed by atoms with Gasteiger partial charge in [-0.05, 0) is 19.3 Å². The predicted molar refractivity (Wildman–Crippen MR) is 93.5 cm³/mol. The van der Waals surface area contributed by atoms with Gasteiger partial charge in [0.2, 0.25) is 0 Å². The molecule has 1 aliphatic carbocycles. The second kappa shape index (κ2) is 5.87. The number of hydrogen-bond donors (Lipinski definition) is 1. The van der Waals surface area contributed by atoms with Gasteiger partial charge >= 0.3 is 0 Å². The number of nitrogens with zero attached hydrogens (tertiary/aromatic N) is 5. The summed E-state index contributed by atoms with van der Waals surface area (Å²) in [6.45, 7) is 0. The van der Waals surface area contributed by atoms with Crippen LogP contribution in [0.5, 0.6) is 0 Å². The average Bonchev–Trinajstić information content (AvgIpc) is 3.19. The van der Waals surface area contributed by atoms with Crippen LogP contribution >= 0.6 is 0 Å². The van der Waals surface area contributed by atoms with Gasteiger partial charge in [0.1, 0.15) is 12.2 Å². The largest absolute Gasteiger partial charge is 0.393 e. The summed E-state index contributed by atoms with van der Waals surface area (Å²) >= 11 is 0. The number of fused-ring (bicyclic) bond motifs is 1. The highest BCUT2D eigenvalue weighted by molar-refractivity contribution is 5.86. The first-order valence-electron chi connectivity index (χ1n) is 8.12. The Labute approximate surface area is 140 Å². The van der Waals surface area contributed by atoms with Crippen molar-refractivity contribution >= 4 is 17.0 Å². The Hall–Kier alpha value is -2.47. The van der Waals surface area contributed by atoms with Crippen molar-refractivity contribution < 1.29 is 5.11 Å². The standard InChI is InChI=1S/C18H20N5O/c1-22(13-8-9-14(24)10-13)17-15-18(20-11-19-17)23(2)16(21-15)12-6-4-3-5-7-12/h3-7,9,11,13-14,24H,8,10H2,1-2H3/t13-,14+/m1/s1. The molecule has 1 aromatic carbocycles. The molecule has 0 saturated heterocycles. The van der Waals surface area contributed by atoms with E-state index in [9.17, 15) is 5.11 Å². The lowest BCUT2D eigenvalue weighted by molar-refractivity contribution is 0.211. The van der Waals surface area contributed by atoms with Gasteiger partial charge in [0.15, 0.2) is 17.0 Å². The number of hydrogen-bond acceptors (Lipinski definition) is 5. The Morgan fingerprint density at radius 1 is 1.21 bits per heavy atom. The van der Waals surface area contributed by atoms with E-state index < -0.39 is 0 Å². The SMILES string of the molecule is CN(c1ncnc2c1nc(-c1ccccc1)n2C)[C@@H]1C[CH][C@H](O)C1. The van der Waals surface area contributed by atoms with Crippen molar-refractivity contribution in [2.24, 2.45) is 7.05 Å². The topological polar surface area (TPSA) is 67.1 Å². The Kier molecular flexibility index (Phi) is 3.69. The quantitative estimate of drug-likeness (QED) is 0.801. The van der Waals surface area contributed by atoms with Gasteiger partial charge in [0.25, 0.3) is 0 Å². The van der Waals surface area contributed by atoms with Crippen LogP contribution in [0.3, 0.4) is 0 Å². The highest BCUT2D eigenvalue weighted by atomic mass is 16.3. The third kappa shape index (κ3) is 2.43. The summed E-state index contributed by atoms with van der Waals surface area (Å²) in [7, 11) is 3.98. The first kappa shape index (κ1) is 15.1. The van der Waals surface area contributed by atoms with Gasteiger partial charge < -0.3 is 14.6 Å². The number of aromatic nitrogens is 4. The number of imidazole rings is 1. The molecule has 1 radical (unpaired) electrons. The van der Waals surface area contributed by atoms with Crippen LogP contribution in [-0.4, -0.2) is 43.8 Å². The van der Waals surface area contributed by atoms with Crippen LogP contribution in [0, 0.1) is 6.42 Å². The monoisotopic (exact) mass is 322 g/mol. The molecule has 6 nitrogen and oxygen atoms in total. The zero-order valence-electron chi connectivity index (χ0n) is 13.8. The lowest BCUT2D eigenvalue weighted by atomic mass is 10.2. The number of benzene rings is 1. The van der Waals surface area contributed by atoms with Crippen molar-refractivity contribution in [2.75, 3.05) is 11.9 Å².